The summed E-state index contributed by atoms with van der Waals surface area (Å²) >= 11 is 7.55. The standard InChI is InChI=1S/C12H10ClNO2S.ClH/c13-10-4-2-1-3-9(10)12-14-8(7-17-12)5-6-11(15)16;/h1-4,7H,5-6H2,(H,15,16);1H. The van der Waals surface area contributed by atoms with E-state index in [4.69, 9.17) is 16.7 Å². The lowest BCUT2D eigenvalue weighted by atomic mass is 10.2. The fourth-order valence-corrected chi connectivity index (χ4v) is 2.59. The molecule has 0 spiro atoms. The van der Waals surface area contributed by atoms with Gasteiger partial charge in [-0.05, 0) is 6.07 Å². The van der Waals surface area contributed by atoms with Crippen molar-refractivity contribution in [1.82, 2.24) is 4.98 Å². The minimum Gasteiger partial charge on any atom is -0.481 e. The predicted molar refractivity (Wildman–Crippen MR) is 75.8 cm³/mol. The number of aryl methyl sites for hydroxylation is 1. The van der Waals surface area contributed by atoms with Crippen LogP contribution in [0.25, 0.3) is 10.6 Å². The molecule has 0 atom stereocenters. The van der Waals surface area contributed by atoms with Crippen LogP contribution in [0, 0.1) is 0 Å². The number of nitrogens with zero attached hydrogens (tertiary/aromatic N) is 1. The molecule has 0 aliphatic rings. The number of carboxylic acid groups (broad SMARTS) is 1. The highest BCUT2D eigenvalue weighted by atomic mass is 35.5. The highest BCUT2D eigenvalue weighted by molar-refractivity contribution is 7.13. The summed E-state index contributed by atoms with van der Waals surface area (Å²) < 4.78 is 0. The van der Waals surface area contributed by atoms with Crippen molar-refractivity contribution in [3.63, 3.8) is 0 Å². The molecule has 0 bridgehead atoms. The Morgan fingerprint density at radius 2 is 2.11 bits per heavy atom. The van der Waals surface area contributed by atoms with Crippen LogP contribution >= 0.6 is 35.3 Å². The molecule has 3 nitrogen and oxygen atoms in total. The Kier molecular flexibility index (Phi) is 5.59. The van der Waals surface area contributed by atoms with Crippen molar-refractivity contribution in [2.75, 3.05) is 0 Å². The van der Waals surface area contributed by atoms with E-state index in [1.807, 2.05) is 29.6 Å². The number of halogens is 2. The fraction of sp³-hybridized carbons (Fsp3) is 0.167. The molecule has 2 rings (SSSR count). The van der Waals surface area contributed by atoms with Gasteiger partial charge in [-0.2, -0.15) is 0 Å². The Morgan fingerprint density at radius 3 is 2.78 bits per heavy atom. The molecule has 1 N–H and O–H groups in total. The van der Waals surface area contributed by atoms with E-state index in [2.05, 4.69) is 4.98 Å². The molecule has 0 fully saturated rings. The van der Waals surface area contributed by atoms with Crippen LogP contribution in [-0.4, -0.2) is 16.1 Å². The first-order valence-electron chi connectivity index (χ1n) is 5.08. The number of hydrogen-bond acceptors (Lipinski definition) is 3. The second-order valence-corrected chi connectivity index (χ2v) is 4.78. The van der Waals surface area contributed by atoms with Gasteiger partial charge in [0.25, 0.3) is 0 Å². The quantitative estimate of drug-likeness (QED) is 0.932. The van der Waals surface area contributed by atoms with Crippen molar-refractivity contribution in [2.24, 2.45) is 0 Å². The van der Waals surface area contributed by atoms with Gasteiger partial charge in [-0.25, -0.2) is 4.98 Å². The maximum absolute atomic E-state index is 10.5. The van der Waals surface area contributed by atoms with Crippen LogP contribution in [0.3, 0.4) is 0 Å². The van der Waals surface area contributed by atoms with Crippen LogP contribution in [0.5, 0.6) is 0 Å². The number of rotatable bonds is 4. The smallest absolute Gasteiger partial charge is 0.303 e. The van der Waals surface area contributed by atoms with Crippen molar-refractivity contribution in [2.45, 2.75) is 12.8 Å². The zero-order valence-corrected chi connectivity index (χ0v) is 11.7. The summed E-state index contributed by atoms with van der Waals surface area (Å²) in [7, 11) is 0. The maximum atomic E-state index is 10.5. The zero-order chi connectivity index (χ0) is 12.3. The number of carboxylic acids is 1. The minimum atomic E-state index is -0.808. The molecule has 6 heteroatoms. The predicted octanol–water partition coefficient (Wildman–Crippen LogP) is 3.90. The maximum Gasteiger partial charge on any atom is 0.303 e. The molecule has 0 radical (unpaired) electrons. The lowest BCUT2D eigenvalue weighted by Gasteiger charge is -1.98. The largest absolute Gasteiger partial charge is 0.481 e. The first-order valence-corrected chi connectivity index (χ1v) is 6.33. The molecule has 0 saturated carbocycles. The van der Waals surface area contributed by atoms with Crippen molar-refractivity contribution in [3.8, 4) is 10.6 Å². The molecular formula is C12H11Cl2NO2S. The molecule has 0 aliphatic carbocycles. The Labute approximate surface area is 120 Å². The number of aliphatic carboxylic acids is 1. The molecule has 2 aromatic rings. The van der Waals surface area contributed by atoms with Gasteiger partial charge in [0.2, 0.25) is 0 Å². The van der Waals surface area contributed by atoms with Gasteiger partial charge in [-0.15, -0.1) is 23.7 Å². The summed E-state index contributed by atoms with van der Waals surface area (Å²) in [4.78, 5) is 14.8. The van der Waals surface area contributed by atoms with Crippen molar-refractivity contribution >= 4 is 41.3 Å². The third-order valence-corrected chi connectivity index (χ3v) is 3.50. The highest BCUT2D eigenvalue weighted by Crippen LogP contribution is 2.30. The Morgan fingerprint density at radius 1 is 1.39 bits per heavy atom. The number of benzene rings is 1. The van der Waals surface area contributed by atoms with Gasteiger partial charge in [-0.1, -0.05) is 29.8 Å². The van der Waals surface area contributed by atoms with Crippen LogP contribution in [0.1, 0.15) is 12.1 Å². The van der Waals surface area contributed by atoms with Crippen LogP contribution in [0.4, 0.5) is 0 Å². The molecule has 1 aromatic carbocycles. The first-order chi connectivity index (χ1) is 8.16. The molecule has 1 heterocycles. The molecule has 18 heavy (non-hydrogen) atoms. The second-order valence-electron chi connectivity index (χ2n) is 3.52. The van der Waals surface area contributed by atoms with E-state index in [0.717, 1.165) is 16.3 Å². The zero-order valence-electron chi connectivity index (χ0n) is 9.30. The average Bonchev–Trinajstić information content (AvgIpc) is 2.75. The molecular weight excluding hydrogens is 293 g/mol. The third-order valence-electron chi connectivity index (χ3n) is 2.25. The van der Waals surface area contributed by atoms with Gasteiger partial charge in [0.15, 0.2) is 0 Å². The molecule has 0 unspecified atom stereocenters. The Balaban J connectivity index is 0.00000162. The monoisotopic (exact) mass is 303 g/mol. The van der Waals surface area contributed by atoms with E-state index in [9.17, 15) is 4.79 Å². The summed E-state index contributed by atoms with van der Waals surface area (Å²) in [6, 6.07) is 7.49. The SMILES string of the molecule is Cl.O=C(O)CCc1csc(-c2ccccc2Cl)n1. The molecule has 1 aromatic heterocycles. The van der Waals surface area contributed by atoms with Crippen molar-refractivity contribution < 1.29 is 9.90 Å². The summed E-state index contributed by atoms with van der Waals surface area (Å²) in [6.45, 7) is 0. The fourth-order valence-electron chi connectivity index (χ4n) is 1.42. The molecule has 96 valence electrons. The normalized spacial score (nSPS) is 9.83. The van der Waals surface area contributed by atoms with Crippen LogP contribution in [0.2, 0.25) is 5.02 Å². The summed E-state index contributed by atoms with van der Waals surface area (Å²) in [5.41, 5.74) is 1.69. The van der Waals surface area contributed by atoms with Gasteiger partial charge in [0, 0.05) is 17.4 Å². The average molecular weight is 304 g/mol. The summed E-state index contributed by atoms with van der Waals surface area (Å²) in [5.74, 6) is -0.808. The van der Waals surface area contributed by atoms with Gasteiger partial charge >= 0.3 is 5.97 Å². The number of thiazole rings is 1. The van der Waals surface area contributed by atoms with Crippen molar-refractivity contribution in [3.05, 3.63) is 40.4 Å². The van der Waals surface area contributed by atoms with E-state index in [0.29, 0.717) is 11.4 Å². The van der Waals surface area contributed by atoms with Crippen LogP contribution < -0.4 is 0 Å². The molecule has 0 aliphatic heterocycles. The van der Waals surface area contributed by atoms with Gasteiger partial charge in [-0.3, -0.25) is 4.79 Å². The van der Waals surface area contributed by atoms with Crippen LogP contribution in [0.15, 0.2) is 29.6 Å². The highest BCUT2D eigenvalue weighted by Gasteiger charge is 2.08. The Bertz CT molecular complexity index is 542. The minimum absolute atomic E-state index is 0. The number of aromatic nitrogens is 1. The Hall–Kier alpha value is -1.10. The van der Waals surface area contributed by atoms with Crippen molar-refractivity contribution in [1.29, 1.82) is 0 Å². The van der Waals surface area contributed by atoms with Gasteiger partial charge < -0.3 is 5.11 Å². The lowest BCUT2D eigenvalue weighted by Crippen LogP contribution is -1.97. The number of hydrogen-bond donors (Lipinski definition) is 1. The number of carbonyl (C=O) groups is 1. The summed E-state index contributed by atoms with van der Waals surface area (Å²) in [6.07, 6.45) is 0.558. The van der Waals surface area contributed by atoms with E-state index >= 15 is 0 Å². The van der Waals surface area contributed by atoms with Crippen LogP contribution in [-0.2, 0) is 11.2 Å². The lowest BCUT2D eigenvalue weighted by molar-refractivity contribution is -0.136. The summed E-state index contributed by atoms with van der Waals surface area (Å²) in [5, 5.41) is 12.0. The van der Waals surface area contributed by atoms with E-state index in [1.54, 1.807) is 0 Å². The first kappa shape index (κ1) is 15.0. The molecule has 0 amide bonds. The third kappa shape index (κ3) is 3.70. The topological polar surface area (TPSA) is 50.2 Å². The second kappa shape index (κ2) is 6.73. The van der Waals surface area contributed by atoms with E-state index in [1.165, 1.54) is 11.3 Å². The van der Waals surface area contributed by atoms with E-state index in [-0.39, 0.29) is 18.8 Å². The molecule has 0 saturated heterocycles. The van der Waals surface area contributed by atoms with Gasteiger partial charge in [0.1, 0.15) is 5.01 Å². The van der Waals surface area contributed by atoms with E-state index < -0.39 is 5.97 Å². The van der Waals surface area contributed by atoms with Gasteiger partial charge in [0.05, 0.1) is 17.1 Å².